The van der Waals surface area contributed by atoms with Gasteiger partial charge in [-0.2, -0.15) is 4.98 Å². The predicted octanol–water partition coefficient (Wildman–Crippen LogP) is 3.20. The molecule has 0 bridgehead atoms. The van der Waals surface area contributed by atoms with Crippen LogP contribution < -0.4 is 15.8 Å². The van der Waals surface area contributed by atoms with Crippen LogP contribution in [0.15, 0.2) is 36.4 Å². The smallest absolute Gasteiger partial charge is 0.251 e. The topological polar surface area (TPSA) is 103 Å². The fraction of sp³-hybridized carbons (Fsp3) is 0.300. The van der Waals surface area contributed by atoms with Gasteiger partial charge in [-0.1, -0.05) is 12.1 Å². The SMILES string of the molecule is CC(C)NC(=O)c1ccc(-c2ccc3nc(N)nc(OC(C)C)c3n2)cc1. The first-order valence-corrected chi connectivity index (χ1v) is 8.85. The minimum absolute atomic E-state index is 0.0632. The largest absolute Gasteiger partial charge is 0.473 e. The average molecular weight is 365 g/mol. The van der Waals surface area contributed by atoms with Crippen molar-refractivity contribution in [1.82, 2.24) is 20.3 Å². The zero-order chi connectivity index (χ0) is 19.6. The number of hydrogen-bond acceptors (Lipinski definition) is 6. The minimum atomic E-state index is -0.0977. The highest BCUT2D eigenvalue weighted by molar-refractivity contribution is 5.94. The van der Waals surface area contributed by atoms with Crippen LogP contribution in [0.2, 0.25) is 0 Å². The molecule has 2 heterocycles. The van der Waals surface area contributed by atoms with E-state index < -0.39 is 0 Å². The molecule has 0 saturated carbocycles. The third-order valence-electron chi connectivity index (χ3n) is 3.74. The Morgan fingerprint density at radius 3 is 2.33 bits per heavy atom. The van der Waals surface area contributed by atoms with E-state index in [1.54, 1.807) is 12.1 Å². The molecule has 0 atom stereocenters. The normalized spacial score (nSPS) is 11.2. The highest BCUT2D eigenvalue weighted by atomic mass is 16.5. The van der Waals surface area contributed by atoms with Gasteiger partial charge in [-0.25, -0.2) is 9.97 Å². The van der Waals surface area contributed by atoms with E-state index in [4.69, 9.17) is 10.5 Å². The number of anilines is 1. The van der Waals surface area contributed by atoms with Crippen molar-refractivity contribution in [2.24, 2.45) is 0 Å². The van der Waals surface area contributed by atoms with Crippen LogP contribution >= 0.6 is 0 Å². The van der Waals surface area contributed by atoms with Gasteiger partial charge in [0.1, 0.15) is 0 Å². The first-order chi connectivity index (χ1) is 12.8. The number of amides is 1. The van der Waals surface area contributed by atoms with Crippen LogP contribution in [-0.2, 0) is 0 Å². The molecule has 2 aromatic heterocycles. The zero-order valence-electron chi connectivity index (χ0n) is 15.9. The van der Waals surface area contributed by atoms with E-state index in [1.807, 2.05) is 52.0 Å². The minimum Gasteiger partial charge on any atom is -0.473 e. The number of rotatable bonds is 5. The van der Waals surface area contributed by atoms with E-state index in [-0.39, 0.29) is 24.0 Å². The molecule has 0 radical (unpaired) electrons. The number of hydrogen-bond donors (Lipinski definition) is 2. The van der Waals surface area contributed by atoms with Crippen molar-refractivity contribution in [3.8, 4) is 17.1 Å². The summed E-state index contributed by atoms with van der Waals surface area (Å²) in [6.07, 6.45) is -0.0632. The summed E-state index contributed by atoms with van der Waals surface area (Å²) in [6.45, 7) is 7.68. The highest BCUT2D eigenvalue weighted by Gasteiger charge is 2.13. The molecule has 3 rings (SSSR count). The van der Waals surface area contributed by atoms with E-state index in [0.717, 1.165) is 11.3 Å². The molecular weight excluding hydrogens is 342 g/mol. The van der Waals surface area contributed by atoms with Gasteiger partial charge in [0, 0.05) is 17.2 Å². The van der Waals surface area contributed by atoms with Crippen molar-refractivity contribution in [1.29, 1.82) is 0 Å². The molecule has 0 spiro atoms. The second-order valence-electron chi connectivity index (χ2n) is 6.82. The van der Waals surface area contributed by atoms with Crippen molar-refractivity contribution in [2.45, 2.75) is 39.8 Å². The van der Waals surface area contributed by atoms with Crippen LogP contribution in [-0.4, -0.2) is 33.0 Å². The third-order valence-corrected chi connectivity index (χ3v) is 3.74. The second-order valence-corrected chi connectivity index (χ2v) is 6.82. The molecular formula is C20H23N5O2. The zero-order valence-corrected chi connectivity index (χ0v) is 15.9. The fourth-order valence-corrected chi connectivity index (χ4v) is 2.61. The van der Waals surface area contributed by atoms with Gasteiger partial charge in [0.05, 0.1) is 17.3 Å². The number of ether oxygens (including phenoxy) is 1. The van der Waals surface area contributed by atoms with Gasteiger partial charge in [-0.3, -0.25) is 4.79 Å². The lowest BCUT2D eigenvalue weighted by Gasteiger charge is -2.12. The van der Waals surface area contributed by atoms with E-state index in [2.05, 4.69) is 20.3 Å². The summed E-state index contributed by atoms with van der Waals surface area (Å²) in [5.41, 5.74) is 9.16. The molecule has 3 N–H and O–H groups in total. The maximum atomic E-state index is 12.1. The summed E-state index contributed by atoms with van der Waals surface area (Å²) in [6, 6.07) is 11.1. The summed E-state index contributed by atoms with van der Waals surface area (Å²) in [5, 5.41) is 2.87. The molecule has 0 saturated heterocycles. The standard InChI is InChI=1S/C20H23N5O2/c1-11(2)22-18(26)14-7-5-13(6-8-14)15-9-10-16-17(23-15)19(27-12(3)4)25-20(21)24-16/h5-12H,1-4H3,(H,22,26)(H2,21,24,25). The average Bonchev–Trinajstić information content (AvgIpc) is 2.60. The molecule has 1 aromatic carbocycles. The molecule has 0 aliphatic carbocycles. The van der Waals surface area contributed by atoms with Gasteiger partial charge in [-0.05, 0) is 52.0 Å². The predicted molar refractivity (Wildman–Crippen MR) is 106 cm³/mol. The Balaban J connectivity index is 1.97. The van der Waals surface area contributed by atoms with E-state index in [0.29, 0.717) is 22.5 Å². The number of nitrogens with two attached hydrogens (primary N) is 1. The first-order valence-electron chi connectivity index (χ1n) is 8.85. The van der Waals surface area contributed by atoms with Gasteiger partial charge in [0.2, 0.25) is 11.8 Å². The summed E-state index contributed by atoms with van der Waals surface area (Å²) in [5.74, 6) is 0.412. The quantitative estimate of drug-likeness (QED) is 0.720. The van der Waals surface area contributed by atoms with Crippen molar-refractivity contribution < 1.29 is 9.53 Å². The van der Waals surface area contributed by atoms with Crippen LogP contribution in [0.3, 0.4) is 0 Å². The molecule has 0 fully saturated rings. The molecule has 0 aliphatic rings. The van der Waals surface area contributed by atoms with Crippen molar-refractivity contribution in [2.75, 3.05) is 5.73 Å². The van der Waals surface area contributed by atoms with E-state index >= 15 is 0 Å². The maximum absolute atomic E-state index is 12.1. The first kappa shape index (κ1) is 18.6. The number of carbonyl (C=O) groups is 1. The van der Waals surface area contributed by atoms with Gasteiger partial charge < -0.3 is 15.8 Å². The fourth-order valence-electron chi connectivity index (χ4n) is 2.61. The van der Waals surface area contributed by atoms with Crippen LogP contribution in [0.5, 0.6) is 5.88 Å². The molecule has 3 aromatic rings. The number of aromatic nitrogens is 3. The number of pyridine rings is 1. The molecule has 7 nitrogen and oxygen atoms in total. The van der Waals surface area contributed by atoms with Crippen LogP contribution in [0.4, 0.5) is 5.95 Å². The van der Waals surface area contributed by atoms with Gasteiger partial charge in [0.25, 0.3) is 5.91 Å². The number of fused-ring (bicyclic) bond motifs is 1. The lowest BCUT2D eigenvalue weighted by atomic mass is 10.1. The van der Waals surface area contributed by atoms with Gasteiger partial charge in [0.15, 0.2) is 5.52 Å². The van der Waals surface area contributed by atoms with Crippen molar-refractivity contribution in [3.63, 3.8) is 0 Å². The molecule has 27 heavy (non-hydrogen) atoms. The summed E-state index contributed by atoms with van der Waals surface area (Å²) in [7, 11) is 0. The number of carbonyl (C=O) groups excluding carboxylic acids is 1. The lowest BCUT2D eigenvalue weighted by molar-refractivity contribution is 0.0943. The summed E-state index contributed by atoms with van der Waals surface area (Å²) >= 11 is 0. The Bertz CT molecular complexity index is 968. The Morgan fingerprint density at radius 2 is 1.70 bits per heavy atom. The Morgan fingerprint density at radius 1 is 1.00 bits per heavy atom. The molecule has 7 heteroatoms. The Kier molecular flexibility index (Phi) is 5.21. The maximum Gasteiger partial charge on any atom is 0.251 e. The van der Waals surface area contributed by atoms with Gasteiger partial charge >= 0.3 is 0 Å². The molecule has 1 amide bonds. The van der Waals surface area contributed by atoms with Crippen molar-refractivity contribution >= 4 is 22.9 Å². The molecule has 140 valence electrons. The second kappa shape index (κ2) is 7.57. The third kappa shape index (κ3) is 4.31. The molecule has 0 unspecified atom stereocenters. The number of nitrogen functional groups attached to an aromatic ring is 1. The summed E-state index contributed by atoms with van der Waals surface area (Å²) < 4.78 is 5.74. The number of nitrogens with one attached hydrogen (secondary N) is 1. The van der Waals surface area contributed by atoms with Crippen molar-refractivity contribution in [3.05, 3.63) is 42.0 Å². The Labute approximate surface area is 158 Å². The van der Waals surface area contributed by atoms with E-state index in [9.17, 15) is 4.79 Å². The molecule has 0 aliphatic heterocycles. The monoisotopic (exact) mass is 365 g/mol. The Hall–Kier alpha value is -3.22. The van der Waals surface area contributed by atoms with Gasteiger partial charge in [-0.15, -0.1) is 0 Å². The number of nitrogens with zero attached hydrogens (tertiary/aromatic N) is 3. The summed E-state index contributed by atoms with van der Waals surface area (Å²) in [4.78, 5) is 25.1. The van der Waals surface area contributed by atoms with Crippen LogP contribution in [0.25, 0.3) is 22.3 Å². The van der Waals surface area contributed by atoms with Crippen LogP contribution in [0, 0.1) is 0 Å². The van der Waals surface area contributed by atoms with E-state index in [1.165, 1.54) is 0 Å². The highest BCUT2D eigenvalue weighted by Crippen LogP contribution is 2.26. The number of benzene rings is 1. The lowest BCUT2D eigenvalue weighted by Crippen LogP contribution is -2.29. The van der Waals surface area contributed by atoms with Crippen LogP contribution in [0.1, 0.15) is 38.1 Å².